The van der Waals surface area contributed by atoms with Crippen LogP contribution in [0.4, 0.5) is 19.0 Å². The van der Waals surface area contributed by atoms with Gasteiger partial charge in [0, 0.05) is 12.6 Å². The maximum absolute atomic E-state index is 12.3. The second-order valence-electron chi connectivity index (χ2n) is 3.21. The van der Waals surface area contributed by atoms with Crippen LogP contribution in [0.2, 0.25) is 5.15 Å². The Morgan fingerprint density at radius 3 is 2.62 bits per heavy atom. The molecular weight excluding hydrogens is 243 g/mol. The minimum atomic E-state index is -4.61. The van der Waals surface area contributed by atoms with Gasteiger partial charge in [-0.1, -0.05) is 23.8 Å². The van der Waals surface area contributed by atoms with Crippen LogP contribution in [0.15, 0.2) is 18.2 Å². The fraction of sp³-hybridized carbons (Fsp3) is 0.333. The van der Waals surface area contributed by atoms with E-state index in [9.17, 15) is 13.2 Å². The lowest BCUT2D eigenvalue weighted by molar-refractivity contribution is -0.144. The van der Waals surface area contributed by atoms with Crippen LogP contribution in [0, 0.1) is 0 Å². The Morgan fingerprint density at radius 2 is 2.12 bits per heavy atom. The zero-order valence-electron chi connectivity index (χ0n) is 8.40. The van der Waals surface area contributed by atoms with Gasteiger partial charge in [0.05, 0.1) is 0 Å². The lowest BCUT2D eigenvalue weighted by atomic mass is 10.3. The van der Waals surface area contributed by atoms with Crippen LogP contribution in [0.25, 0.3) is 0 Å². The molecule has 0 radical (unpaired) electrons. The highest BCUT2D eigenvalue weighted by atomic mass is 35.5. The van der Waals surface area contributed by atoms with Crippen molar-refractivity contribution in [3.63, 3.8) is 0 Å². The van der Waals surface area contributed by atoms with Crippen LogP contribution >= 0.6 is 11.6 Å². The molecule has 7 heteroatoms. The third kappa shape index (κ3) is 3.69. The molecule has 0 amide bonds. The highest BCUT2D eigenvalue weighted by Gasteiger charge is 2.35. The van der Waals surface area contributed by atoms with Crippen LogP contribution in [-0.2, 0) is 6.18 Å². The Labute approximate surface area is 95.4 Å². The SMILES string of the molecule is C=C(C)CNc1cc(Cl)nc(C(F)(F)F)n1. The maximum atomic E-state index is 12.3. The van der Waals surface area contributed by atoms with Gasteiger partial charge in [-0.2, -0.15) is 13.2 Å². The first kappa shape index (κ1) is 12.8. The van der Waals surface area contributed by atoms with E-state index < -0.39 is 12.0 Å². The van der Waals surface area contributed by atoms with Gasteiger partial charge in [-0.05, 0) is 6.92 Å². The molecule has 0 bridgehead atoms. The molecule has 0 saturated carbocycles. The van der Waals surface area contributed by atoms with Crippen molar-refractivity contribution in [2.45, 2.75) is 13.1 Å². The Bertz CT molecular complexity index is 403. The average molecular weight is 252 g/mol. The molecule has 88 valence electrons. The Kier molecular flexibility index (Phi) is 3.74. The molecule has 0 aliphatic carbocycles. The van der Waals surface area contributed by atoms with Gasteiger partial charge < -0.3 is 5.32 Å². The highest BCUT2D eigenvalue weighted by Crippen LogP contribution is 2.28. The van der Waals surface area contributed by atoms with Crippen molar-refractivity contribution in [2.75, 3.05) is 11.9 Å². The van der Waals surface area contributed by atoms with Crippen molar-refractivity contribution in [3.05, 3.63) is 29.2 Å². The summed E-state index contributed by atoms with van der Waals surface area (Å²) in [5, 5.41) is 2.40. The summed E-state index contributed by atoms with van der Waals surface area (Å²) in [6.07, 6.45) is -4.61. The van der Waals surface area contributed by atoms with E-state index in [0.717, 1.165) is 5.57 Å². The van der Waals surface area contributed by atoms with Crippen molar-refractivity contribution in [3.8, 4) is 0 Å². The van der Waals surface area contributed by atoms with Crippen LogP contribution in [0.1, 0.15) is 12.7 Å². The lowest BCUT2D eigenvalue weighted by Gasteiger charge is -2.09. The molecule has 1 aromatic heterocycles. The molecule has 0 aromatic carbocycles. The van der Waals surface area contributed by atoms with E-state index >= 15 is 0 Å². The number of nitrogens with zero attached hydrogens (tertiary/aromatic N) is 2. The minimum absolute atomic E-state index is 0.0234. The number of alkyl halides is 3. The molecule has 1 rings (SSSR count). The third-order valence-corrected chi connectivity index (χ3v) is 1.71. The summed E-state index contributed by atoms with van der Waals surface area (Å²) in [5.74, 6) is -1.24. The molecule has 0 unspecified atom stereocenters. The summed E-state index contributed by atoms with van der Waals surface area (Å²) in [5.41, 5.74) is 0.767. The molecule has 1 heterocycles. The lowest BCUT2D eigenvalue weighted by Crippen LogP contribution is -2.13. The third-order valence-electron chi connectivity index (χ3n) is 1.52. The Morgan fingerprint density at radius 1 is 1.50 bits per heavy atom. The van der Waals surface area contributed by atoms with Crippen LogP contribution in [-0.4, -0.2) is 16.5 Å². The fourth-order valence-corrected chi connectivity index (χ4v) is 1.06. The van der Waals surface area contributed by atoms with E-state index in [1.165, 1.54) is 6.07 Å². The molecular formula is C9H9ClF3N3. The van der Waals surface area contributed by atoms with Crippen LogP contribution in [0.3, 0.4) is 0 Å². The number of halogens is 4. The van der Waals surface area contributed by atoms with E-state index in [1.807, 2.05) is 0 Å². The van der Waals surface area contributed by atoms with Gasteiger partial charge in [0.15, 0.2) is 0 Å². The largest absolute Gasteiger partial charge is 0.451 e. The molecule has 0 saturated heterocycles. The summed E-state index contributed by atoms with van der Waals surface area (Å²) >= 11 is 5.46. The topological polar surface area (TPSA) is 37.8 Å². The van der Waals surface area contributed by atoms with Gasteiger partial charge in [-0.15, -0.1) is 0 Å². The normalized spacial score (nSPS) is 11.3. The summed E-state index contributed by atoms with van der Waals surface area (Å²) in [4.78, 5) is 6.40. The molecule has 16 heavy (non-hydrogen) atoms. The average Bonchev–Trinajstić information content (AvgIpc) is 2.12. The van der Waals surface area contributed by atoms with E-state index in [2.05, 4.69) is 21.9 Å². The number of nitrogens with one attached hydrogen (secondary N) is 1. The van der Waals surface area contributed by atoms with Gasteiger partial charge in [0.1, 0.15) is 11.0 Å². The van der Waals surface area contributed by atoms with Crippen molar-refractivity contribution < 1.29 is 13.2 Å². The second kappa shape index (κ2) is 4.69. The van der Waals surface area contributed by atoms with Crippen molar-refractivity contribution >= 4 is 17.4 Å². The molecule has 1 N–H and O–H groups in total. The van der Waals surface area contributed by atoms with Gasteiger partial charge in [-0.25, -0.2) is 9.97 Å². The quantitative estimate of drug-likeness (QED) is 0.662. The van der Waals surface area contributed by atoms with Gasteiger partial charge in [0.25, 0.3) is 0 Å². The van der Waals surface area contributed by atoms with E-state index in [1.54, 1.807) is 6.92 Å². The van der Waals surface area contributed by atoms with Gasteiger partial charge >= 0.3 is 6.18 Å². The first-order valence-electron chi connectivity index (χ1n) is 4.29. The molecule has 0 fully saturated rings. The smallest absolute Gasteiger partial charge is 0.366 e. The van der Waals surface area contributed by atoms with E-state index in [-0.39, 0.29) is 11.0 Å². The number of rotatable bonds is 3. The van der Waals surface area contributed by atoms with E-state index in [4.69, 9.17) is 11.6 Å². The molecule has 0 aliphatic heterocycles. The zero-order chi connectivity index (χ0) is 12.3. The first-order valence-corrected chi connectivity index (χ1v) is 4.67. The first-order chi connectivity index (χ1) is 7.29. The summed E-state index contributed by atoms with van der Waals surface area (Å²) < 4.78 is 37.0. The minimum Gasteiger partial charge on any atom is -0.366 e. The number of hydrogen-bond donors (Lipinski definition) is 1. The fourth-order valence-electron chi connectivity index (χ4n) is 0.876. The number of hydrogen-bond acceptors (Lipinski definition) is 3. The predicted octanol–water partition coefficient (Wildman–Crippen LogP) is 3.14. The summed E-state index contributed by atoms with van der Waals surface area (Å²) in [6, 6.07) is 1.22. The van der Waals surface area contributed by atoms with Crippen molar-refractivity contribution in [1.82, 2.24) is 9.97 Å². The van der Waals surface area contributed by atoms with Crippen molar-refractivity contribution in [1.29, 1.82) is 0 Å². The molecule has 0 atom stereocenters. The highest BCUT2D eigenvalue weighted by molar-refractivity contribution is 6.29. The van der Waals surface area contributed by atoms with E-state index in [0.29, 0.717) is 6.54 Å². The monoisotopic (exact) mass is 251 g/mol. The number of anilines is 1. The zero-order valence-corrected chi connectivity index (χ0v) is 9.15. The Balaban J connectivity index is 2.94. The second-order valence-corrected chi connectivity index (χ2v) is 3.60. The molecule has 0 spiro atoms. The summed E-state index contributed by atoms with van der Waals surface area (Å²) in [7, 11) is 0. The van der Waals surface area contributed by atoms with Gasteiger partial charge in [-0.3, -0.25) is 0 Å². The molecule has 1 aromatic rings. The predicted molar refractivity (Wildman–Crippen MR) is 55.3 cm³/mol. The van der Waals surface area contributed by atoms with Gasteiger partial charge in [0.2, 0.25) is 5.82 Å². The van der Waals surface area contributed by atoms with Crippen LogP contribution < -0.4 is 5.32 Å². The standard InChI is InChI=1S/C9H9ClF3N3/c1-5(2)4-14-7-3-6(10)15-8(16-7)9(11,12)13/h3H,1,4H2,2H3,(H,14,15,16). The molecule has 0 aliphatic rings. The van der Waals surface area contributed by atoms with Crippen molar-refractivity contribution in [2.24, 2.45) is 0 Å². The van der Waals surface area contributed by atoms with Crippen LogP contribution in [0.5, 0.6) is 0 Å². The summed E-state index contributed by atoms with van der Waals surface area (Å²) in [6.45, 7) is 5.66. The molecule has 3 nitrogen and oxygen atoms in total. The Hall–Kier alpha value is -1.30. The maximum Gasteiger partial charge on any atom is 0.451 e. The number of aromatic nitrogens is 2.